The van der Waals surface area contributed by atoms with E-state index in [4.69, 9.17) is 9.41 Å². The van der Waals surface area contributed by atoms with Crippen LogP contribution in [0, 0.1) is 0 Å². The average molecular weight is 404 g/mol. The molecule has 1 aliphatic carbocycles. The third-order valence-corrected chi connectivity index (χ3v) is 5.77. The van der Waals surface area contributed by atoms with E-state index < -0.39 is 0 Å². The summed E-state index contributed by atoms with van der Waals surface area (Å²) >= 11 is 0. The number of furan rings is 1. The normalized spacial score (nSPS) is 19.4. The lowest BCUT2D eigenvalue weighted by Crippen LogP contribution is -2.51. The van der Waals surface area contributed by atoms with E-state index >= 15 is 0 Å². The van der Waals surface area contributed by atoms with Crippen LogP contribution in [0.15, 0.2) is 27.8 Å². The molecule has 2 fully saturated rings. The summed E-state index contributed by atoms with van der Waals surface area (Å²) < 4.78 is 5.42. The third-order valence-electron chi connectivity index (χ3n) is 5.77. The van der Waals surface area contributed by atoms with Crippen molar-refractivity contribution in [1.29, 1.82) is 0 Å². The highest BCUT2D eigenvalue weighted by atomic mass is 16.3. The van der Waals surface area contributed by atoms with E-state index in [1.54, 1.807) is 6.26 Å². The lowest BCUT2D eigenvalue weighted by atomic mass is 10.1. The van der Waals surface area contributed by atoms with Gasteiger partial charge in [0.1, 0.15) is 5.76 Å². The molecular weight excluding hydrogens is 366 g/mol. The number of piperidine rings is 1. The van der Waals surface area contributed by atoms with Crippen LogP contribution in [0.4, 0.5) is 0 Å². The van der Waals surface area contributed by atoms with Gasteiger partial charge in [0, 0.05) is 44.7 Å². The molecule has 1 aromatic rings. The van der Waals surface area contributed by atoms with E-state index in [1.807, 2.05) is 12.1 Å². The molecule has 1 saturated carbocycles. The van der Waals surface area contributed by atoms with Crippen molar-refractivity contribution in [3.8, 4) is 0 Å². The minimum absolute atomic E-state index is 0.140. The van der Waals surface area contributed by atoms with Gasteiger partial charge >= 0.3 is 0 Å². The van der Waals surface area contributed by atoms with Crippen LogP contribution in [0.5, 0.6) is 0 Å². The number of hydrogen-bond acceptors (Lipinski definition) is 4. The first kappa shape index (κ1) is 21.7. The summed E-state index contributed by atoms with van der Waals surface area (Å²) in [6.07, 6.45) is 10.6. The first-order valence-electron chi connectivity index (χ1n) is 11.3. The standard InChI is InChI=1S/C22H37N5O2/c1-2-12-23-21(28)17-27-14-10-19(11-15-27)26-22(25-18-6-3-4-7-18)24-13-9-20-8-5-16-29-20/h5,8,16,18-19H,2-4,6-7,9-15,17H2,1H3,(H,23,28)(H2,24,25,26). The van der Waals surface area contributed by atoms with Gasteiger partial charge in [-0.2, -0.15) is 0 Å². The molecule has 0 unspecified atom stereocenters. The summed E-state index contributed by atoms with van der Waals surface area (Å²) in [6, 6.07) is 4.86. The van der Waals surface area contributed by atoms with E-state index in [2.05, 4.69) is 27.8 Å². The zero-order valence-electron chi connectivity index (χ0n) is 17.8. The summed E-state index contributed by atoms with van der Waals surface area (Å²) in [5, 5.41) is 10.3. The fourth-order valence-corrected chi connectivity index (χ4v) is 4.08. The number of aliphatic imine (C=N–C) groups is 1. The summed E-state index contributed by atoms with van der Waals surface area (Å²) in [5.74, 6) is 2.05. The molecule has 2 aliphatic rings. The second-order valence-electron chi connectivity index (χ2n) is 8.23. The Kier molecular flexibility index (Phi) is 8.86. The SMILES string of the molecule is CCCNC(=O)CN1CCC(NC(=NCCc2ccco2)NC2CCCC2)CC1. The predicted octanol–water partition coefficient (Wildman–Crippen LogP) is 2.29. The van der Waals surface area contributed by atoms with E-state index in [-0.39, 0.29) is 5.91 Å². The van der Waals surface area contributed by atoms with Crippen molar-refractivity contribution in [1.82, 2.24) is 20.9 Å². The average Bonchev–Trinajstić information content (AvgIpc) is 3.42. The van der Waals surface area contributed by atoms with Crippen molar-refractivity contribution < 1.29 is 9.21 Å². The third kappa shape index (κ3) is 7.72. The Bertz CT molecular complexity index is 617. The highest BCUT2D eigenvalue weighted by molar-refractivity contribution is 5.80. The molecule has 0 radical (unpaired) electrons. The Morgan fingerprint density at radius 1 is 1.17 bits per heavy atom. The van der Waals surface area contributed by atoms with Crippen LogP contribution < -0.4 is 16.0 Å². The van der Waals surface area contributed by atoms with E-state index in [1.165, 1.54) is 25.7 Å². The minimum atomic E-state index is 0.140. The Balaban J connectivity index is 1.45. The monoisotopic (exact) mass is 403 g/mol. The lowest BCUT2D eigenvalue weighted by Gasteiger charge is -2.33. The molecule has 0 spiro atoms. The number of likely N-dealkylation sites (tertiary alicyclic amines) is 1. The maximum Gasteiger partial charge on any atom is 0.234 e. The number of hydrogen-bond donors (Lipinski definition) is 3. The van der Waals surface area contributed by atoms with Crippen molar-refractivity contribution in [2.45, 2.75) is 70.4 Å². The molecule has 1 aromatic heterocycles. The van der Waals surface area contributed by atoms with E-state index in [9.17, 15) is 4.79 Å². The molecule has 1 amide bonds. The van der Waals surface area contributed by atoms with Crippen LogP contribution in [0.1, 0.15) is 57.6 Å². The van der Waals surface area contributed by atoms with Crippen molar-refractivity contribution in [2.24, 2.45) is 4.99 Å². The summed E-state index contributed by atoms with van der Waals surface area (Å²) in [5.41, 5.74) is 0. The van der Waals surface area contributed by atoms with Gasteiger partial charge in [-0.1, -0.05) is 19.8 Å². The number of nitrogens with one attached hydrogen (secondary N) is 3. The fraction of sp³-hybridized carbons (Fsp3) is 0.727. The van der Waals surface area contributed by atoms with Crippen LogP contribution >= 0.6 is 0 Å². The Morgan fingerprint density at radius 2 is 1.90 bits per heavy atom. The van der Waals surface area contributed by atoms with Gasteiger partial charge in [-0.3, -0.25) is 14.7 Å². The molecular formula is C22H37N5O2. The van der Waals surface area contributed by atoms with Gasteiger partial charge in [-0.15, -0.1) is 0 Å². The number of guanidine groups is 1. The second kappa shape index (κ2) is 11.9. The van der Waals surface area contributed by atoms with Crippen LogP contribution in [0.3, 0.4) is 0 Å². The predicted molar refractivity (Wildman–Crippen MR) is 116 cm³/mol. The largest absolute Gasteiger partial charge is 0.469 e. The summed E-state index contributed by atoms with van der Waals surface area (Å²) in [7, 11) is 0. The van der Waals surface area contributed by atoms with Crippen LogP contribution in [-0.2, 0) is 11.2 Å². The molecule has 3 rings (SSSR count). The first-order chi connectivity index (χ1) is 14.2. The van der Waals surface area contributed by atoms with Gasteiger partial charge in [0.15, 0.2) is 5.96 Å². The highest BCUT2D eigenvalue weighted by Crippen LogP contribution is 2.18. The van der Waals surface area contributed by atoms with Crippen molar-refractivity contribution in [2.75, 3.05) is 32.7 Å². The molecule has 1 saturated heterocycles. The zero-order chi connectivity index (χ0) is 20.3. The quantitative estimate of drug-likeness (QED) is 0.435. The molecule has 162 valence electrons. The second-order valence-corrected chi connectivity index (χ2v) is 8.23. The summed E-state index contributed by atoms with van der Waals surface area (Å²) in [4.78, 5) is 19.0. The number of carbonyl (C=O) groups is 1. The van der Waals surface area contributed by atoms with Crippen LogP contribution in [0.25, 0.3) is 0 Å². The lowest BCUT2D eigenvalue weighted by molar-refractivity contribution is -0.122. The van der Waals surface area contributed by atoms with Gasteiger partial charge in [0.2, 0.25) is 5.91 Å². The van der Waals surface area contributed by atoms with E-state index in [0.717, 1.165) is 57.0 Å². The molecule has 2 heterocycles. The van der Waals surface area contributed by atoms with Gasteiger partial charge in [-0.25, -0.2) is 0 Å². The number of nitrogens with zero attached hydrogens (tertiary/aromatic N) is 2. The zero-order valence-corrected chi connectivity index (χ0v) is 17.8. The van der Waals surface area contributed by atoms with Crippen molar-refractivity contribution in [3.63, 3.8) is 0 Å². The van der Waals surface area contributed by atoms with Crippen LogP contribution in [0.2, 0.25) is 0 Å². The van der Waals surface area contributed by atoms with Crippen LogP contribution in [-0.4, -0.2) is 61.6 Å². The minimum Gasteiger partial charge on any atom is -0.469 e. The highest BCUT2D eigenvalue weighted by Gasteiger charge is 2.23. The van der Waals surface area contributed by atoms with Gasteiger partial charge < -0.3 is 20.4 Å². The molecule has 1 aliphatic heterocycles. The van der Waals surface area contributed by atoms with Crippen molar-refractivity contribution >= 4 is 11.9 Å². The maximum atomic E-state index is 11.9. The van der Waals surface area contributed by atoms with Gasteiger partial charge in [-0.05, 0) is 44.2 Å². The maximum absolute atomic E-state index is 11.9. The molecule has 3 N–H and O–H groups in total. The number of carbonyl (C=O) groups excluding carboxylic acids is 1. The topological polar surface area (TPSA) is 81.9 Å². The summed E-state index contributed by atoms with van der Waals surface area (Å²) in [6.45, 7) is 5.95. The number of rotatable bonds is 9. The van der Waals surface area contributed by atoms with Gasteiger partial charge in [0.05, 0.1) is 12.8 Å². The molecule has 0 bridgehead atoms. The number of amides is 1. The Morgan fingerprint density at radius 3 is 2.55 bits per heavy atom. The first-order valence-corrected chi connectivity index (χ1v) is 11.3. The van der Waals surface area contributed by atoms with Gasteiger partial charge in [0.25, 0.3) is 0 Å². The fourth-order valence-electron chi connectivity index (χ4n) is 4.08. The smallest absolute Gasteiger partial charge is 0.234 e. The Hall–Kier alpha value is -2.02. The van der Waals surface area contributed by atoms with Crippen molar-refractivity contribution in [3.05, 3.63) is 24.2 Å². The molecule has 0 atom stereocenters. The van der Waals surface area contributed by atoms with E-state index in [0.29, 0.717) is 25.2 Å². The molecule has 7 nitrogen and oxygen atoms in total. The molecule has 7 heteroatoms. The Labute approximate surface area is 174 Å². The molecule has 0 aromatic carbocycles. The molecule has 29 heavy (non-hydrogen) atoms.